The van der Waals surface area contributed by atoms with E-state index >= 15 is 0 Å². The van der Waals surface area contributed by atoms with E-state index in [1.54, 1.807) is 6.92 Å². The number of carbonyl (C=O) groups is 1. The fraction of sp³-hybridized carbons (Fsp3) is 0.562. The van der Waals surface area contributed by atoms with Gasteiger partial charge in [0.2, 0.25) is 0 Å². The van der Waals surface area contributed by atoms with Crippen LogP contribution in [0.5, 0.6) is 5.75 Å². The molecule has 0 saturated carbocycles. The minimum atomic E-state index is -0.864. The molecule has 0 bridgehead atoms. The van der Waals surface area contributed by atoms with Gasteiger partial charge in [0.25, 0.3) is 5.91 Å². The minimum Gasteiger partial charge on any atom is -0.481 e. The highest BCUT2D eigenvalue weighted by Gasteiger charge is 2.30. The zero-order valence-electron chi connectivity index (χ0n) is 12.6. The number of amides is 1. The molecule has 0 radical (unpaired) electrons. The molecule has 0 aliphatic carbocycles. The Labute approximate surface area is 125 Å². The number of hydrogen-bond donors (Lipinski definition) is 2. The van der Waals surface area contributed by atoms with Gasteiger partial charge in [-0.05, 0) is 26.0 Å². The average molecular weight is 293 g/mol. The van der Waals surface area contributed by atoms with Gasteiger partial charge in [0.1, 0.15) is 5.75 Å². The molecule has 1 aliphatic heterocycles. The number of benzene rings is 1. The van der Waals surface area contributed by atoms with Gasteiger partial charge in [0.15, 0.2) is 6.10 Å². The topological polar surface area (TPSA) is 67.8 Å². The summed E-state index contributed by atoms with van der Waals surface area (Å²) in [7, 11) is 0. The lowest BCUT2D eigenvalue weighted by Gasteiger charge is -2.32. The quantitative estimate of drug-likeness (QED) is 0.861. The average Bonchev–Trinajstić information content (AvgIpc) is 2.48. The molecule has 1 fully saturated rings. The molecule has 1 unspecified atom stereocenters. The maximum atomic E-state index is 12.0. The first kappa shape index (κ1) is 15.8. The third-order valence-corrected chi connectivity index (χ3v) is 3.72. The van der Waals surface area contributed by atoms with E-state index in [4.69, 9.17) is 9.47 Å². The summed E-state index contributed by atoms with van der Waals surface area (Å²) in [5, 5.41) is 13.0. The molecule has 116 valence electrons. The normalized spacial score (nSPS) is 18.8. The molecular weight excluding hydrogens is 270 g/mol. The van der Waals surface area contributed by atoms with Crippen molar-refractivity contribution < 1.29 is 19.4 Å². The van der Waals surface area contributed by atoms with Crippen LogP contribution in [0, 0.1) is 6.92 Å². The summed E-state index contributed by atoms with van der Waals surface area (Å²) in [6, 6.07) is 7.55. The SMILES string of the molecule is Cc1ccc(OC(C)C(=O)NCC2(O)CCOCC2)cc1. The summed E-state index contributed by atoms with van der Waals surface area (Å²) >= 11 is 0. The first-order valence-corrected chi connectivity index (χ1v) is 7.30. The summed E-state index contributed by atoms with van der Waals surface area (Å²) in [6.45, 7) is 4.98. The third-order valence-electron chi connectivity index (χ3n) is 3.72. The third kappa shape index (κ3) is 4.72. The fourth-order valence-corrected chi connectivity index (χ4v) is 2.20. The van der Waals surface area contributed by atoms with Crippen molar-refractivity contribution in [1.82, 2.24) is 5.32 Å². The van der Waals surface area contributed by atoms with E-state index < -0.39 is 11.7 Å². The molecule has 21 heavy (non-hydrogen) atoms. The Balaban J connectivity index is 1.80. The molecule has 2 rings (SSSR count). The Morgan fingerprint density at radius 2 is 2.00 bits per heavy atom. The highest BCUT2D eigenvalue weighted by Crippen LogP contribution is 2.19. The van der Waals surface area contributed by atoms with Gasteiger partial charge < -0.3 is 19.9 Å². The van der Waals surface area contributed by atoms with E-state index in [2.05, 4.69) is 5.32 Å². The van der Waals surface area contributed by atoms with Crippen molar-refractivity contribution in [3.63, 3.8) is 0 Å². The van der Waals surface area contributed by atoms with Gasteiger partial charge in [-0.25, -0.2) is 0 Å². The maximum Gasteiger partial charge on any atom is 0.260 e. The first-order chi connectivity index (χ1) is 9.98. The van der Waals surface area contributed by atoms with Gasteiger partial charge in [-0.1, -0.05) is 17.7 Å². The molecule has 2 N–H and O–H groups in total. The molecule has 1 atom stereocenters. The number of rotatable bonds is 5. The second-order valence-electron chi connectivity index (χ2n) is 5.63. The number of nitrogens with one attached hydrogen (secondary N) is 1. The molecule has 1 aromatic rings. The monoisotopic (exact) mass is 293 g/mol. The maximum absolute atomic E-state index is 12.0. The summed E-state index contributed by atoms with van der Waals surface area (Å²) in [6.07, 6.45) is 0.483. The van der Waals surface area contributed by atoms with Crippen LogP contribution in [0.4, 0.5) is 0 Å². The van der Waals surface area contributed by atoms with E-state index in [0.717, 1.165) is 5.56 Å². The van der Waals surface area contributed by atoms with Crippen LogP contribution in [0.3, 0.4) is 0 Å². The second-order valence-corrected chi connectivity index (χ2v) is 5.63. The summed E-state index contributed by atoms with van der Waals surface area (Å²) in [5.74, 6) is 0.434. The highest BCUT2D eigenvalue weighted by molar-refractivity contribution is 5.80. The van der Waals surface area contributed by atoms with Crippen LogP contribution in [0.15, 0.2) is 24.3 Å². The van der Waals surface area contributed by atoms with Gasteiger partial charge in [0, 0.05) is 32.6 Å². The number of hydrogen-bond acceptors (Lipinski definition) is 4. The van der Waals surface area contributed by atoms with E-state index in [1.807, 2.05) is 31.2 Å². The van der Waals surface area contributed by atoms with E-state index in [0.29, 0.717) is 31.8 Å². The van der Waals surface area contributed by atoms with Crippen LogP contribution in [0.1, 0.15) is 25.3 Å². The van der Waals surface area contributed by atoms with Crippen LogP contribution >= 0.6 is 0 Å². The second kappa shape index (κ2) is 6.91. The lowest BCUT2D eigenvalue weighted by molar-refractivity contribution is -0.130. The molecule has 5 heteroatoms. The van der Waals surface area contributed by atoms with Gasteiger partial charge in [-0.3, -0.25) is 4.79 Å². The number of aryl methyl sites for hydroxylation is 1. The Kier molecular flexibility index (Phi) is 5.20. The van der Waals surface area contributed by atoms with Crippen molar-refractivity contribution in [1.29, 1.82) is 0 Å². The molecule has 1 aliphatic rings. The summed E-state index contributed by atoms with van der Waals surface area (Å²) in [5.41, 5.74) is 0.276. The van der Waals surface area contributed by atoms with E-state index in [9.17, 15) is 9.90 Å². The predicted molar refractivity (Wildman–Crippen MR) is 79.3 cm³/mol. The predicted octanol–water partition coefficient (Wildman–Crippen LogP) is 1.42. The Morgan fingerprint density at radius 1 is 1.38 bits per heavy atom. The van der Waals surface area contributed by atoms with Crippen molar-refractivity contribution in [2.75, 3.05) is 19.8 Å². The van der Waals surface area contributed by atoms with Crippen LogP contribution in [0.2, 0.25) is 0 Å². The van der Waals surface area contributed by atoms with Crippen molar-refractivity contribution in [3.8, 4) is 5.75 Å². The lowest BCUT2D eigenvalue weighted by Crippen LogP contribution is -2.49. The van der Waals surface area contributed by atoms with Gasteiger partial charge in [-0.2, -0.15) is 0 Å². The highest BCUT2D eigenvalue weighted by atomic mass is 16.5. The minimum absolute atomic E-state index is 0.226. The largest absolute Gasteiger partial charge is 0.481 e. The van der Waals surface area contributed by atoms with Crippen LogP contribution in [-0.2, 0) is 9.53 Å². The van der Waals surface area contributed by atoms with Crippen molar-refractivity contribution >= 4 is 5.91 Å². The van der Waals surface area contributed by atoms with Crippen molar-refractivity contribution in [3.05, 3.63) is 29.8 Å². The Morgan fingerprint density at radius 3 is 2.62 bits per heavy atom. The van der Waals surface area contributed by atoms with Crippen LogP contribution in [0.25, 0.3) is 0 Å². The van der Waals surface area contributed by atoms with E-state index in [-0.39, 0.29) is 12.5 Å². The summed E-state index contributed by atoms with van der Waals surface area (Å²) < 4.78 is 10.8. The molecule has 5 nitrogen and oxygen atoms in total. The molecular formula is C16H23NO4. The smallest absolute Gasteiger partial charge is 0.260 e. The number of ether oxygens (including phenoxy) is 2. The Hall–Kier alpha value is -1.59. The van der Waals surface area contributed by atoms with E-state index in [1.165, 1.54) is 0 Å². The van der Waals surface area contributed by atoms with Crippen molar-refractivity contribution in [2.45, 2.75) is 38.4 Å². The molecule has 0 spiro atoms. The van der Waals surface area contributed by atoms with Gasteiger partial charge in [-0.15, -0.1) is 0 Å². The molecule has 1 heterocycles. The number of carbonyl (C=O) groups excluding carboxylic acids is 1. The zero-order chi connectivity index (χ0) is 15.3. The van der Waals surface area contributed by atoms with Crippen LogP contribution in [-0.4, -0.2) is 42.5 Å². The molecule has 1 aromatic carbocycles. The molecule has 1 saturated heterocycles. The first-order valence-electron chi connectivity index (χ1n) is 7.30. The summed E-state index contributed by atoms with van der Waals surface area (Å²) in [4.78, 5) is 12.0. The standard InChI is InChI=1S/C16H23NO4/c1-12-3-5-14(6-4-12)21-13(2)15(18)17-11-16(19)7-9-20-10-8-16/h3-6,13,19H,7-11H2,1-2H3,(H,17,18). The van der Waals surface area contributed by atoms with Crippen molar-refractivity contribution in [2.24, 2.45) is 0 Å². The molecule has 0 aromatic heterocycles. The van der Waals surface area contributed by atoms with Crippen LogP contribution < -0.4 is 10.1 Å². The van der Waals surface area contributed by atoms with Gasteiger partial charge >= 0.3 is 0 Å². The fourth-order valence-electron chi connectivity index (χ4n) is 2.20. The molecule has 1 amide bonds. The Bertz CT molecular complexity index is 466. The van der Waals surface area contributed by atoms with Gasteiger partial charge in [0.05, 0.1) is 5.60 Å². The zero-order valence-corrected chi connectivity index (χ0v) is 12.6. The number of aliphatic hydroxyl groups is 1. The lowest BCUT2D eigenvalue weighted by atomic mass is 9.94.